The highest BCUT2D eigenvalue weighted by Crippen LogP contribution is 2.13. The number of alkyl carbamates (subject to hydrolysis) is 1. The number of nitrogens with one attached hydrogen (secondary N) is 1. The Morgan fingerprint density at radius 1 is 1.39 bits per heavy atom. The maximum Gasteiger partial charge on any atom is 0.407 e. The van der Waals surface area contributed by atoms with Crippen LogP contribution in [0.25, 0.3) is 0 Å². The van der Waals surface area contributed by atoms with Crippen molar-refractivity contribution >= 4 is 6.09 Å². The first kappa shape index (κ1) is 15.1. The third kappa shape index (κ3) is 6.14. The molecule has 0 atom stereocenters. The normalized spacial score (nSPS) is 19.0. The summed E-state index contributed by atoms with van der Waals surface area (Å²) < 4.78 is 29.5. The molecule has 0 aromatic carbocycles. The summed E-state index contributed by atoms with van der Waals surface area (Å²) in [4.78, 5) is 13.2. The zero-order valence-corrected chi connectivity index (χ0v) is 11.2. The second-order valence-electron chi connectivity index (χ2n) is 5.61. The van der Waals surface area contributed by atoms with Gasteiger partial charge in [-0.25, -0.2) is 13.6 Å². The Hall–Kier alpha value is -0.910. The van der Waals surface area contributed by atoms with Crippen molar-refractivity contribution in [3.8, 4) is 0 Å². The molecule has 0 aromatic heterocycles. The van der Waals surface area contributed by atoms with Gasteiger partial charge >= 0.3 is 6.09 Å². The lowest BCUT2D eigenvalue weighted by atomic mass is 10.1. The van der Waals surface area contributed by atoms with E-state index in [2.05, 4.69) is 5.32 Å². The van der Waals surface area contributed by atoms with Gasteiger partial charge in [0.15, 0.2) is 0 Å². The smallest absolute Gasteiger partial charge is 0.407 e. The SMILES string of the molecule is CC(C)(C)OC(=O)NC1CCN(CC(F)F)CC1. The minimum atomic E-state index is -2.29. The summed E-state index contributed by atoms with van der Waals surface area (Å²) in [6, 6.07) is 0.0220. The summed E-state index contributed by atoms with van der Waals surface area (Å²) in [5, 5.41) is 2.77. The van der Waals surface area contributed by atoms with Crippen LogP contribution in [0.15, 0.2) is 0 Å². The van der Waals surface area contributed by atoms with E-state index in [1.54, 1.807) is 25.7 Å². The molecule has 106 valence electrons. The van der Waals surface area contributed by atoms with Crippen LogP contribution >= 0.6 is 0 Å². The Kier molecular flexibility index (Phi) is 5.31. The Morgan fingerprint density at radius 2 is 1.94 bits per heavy atom. The summed E-state index contributed by atoms with van der Waals surface area (Å²) in [6.45, 7) is 6.40. The zero-order valence-electron chi connectivity index (χ0n) is 11.2. The molecule has 0 bridgehead atoms. The first-order chi connectivity index (χ1) is 8.26. The van der Waals surface area contributed by atoms with Gasteiger partial charge in [-0.15, -0.1) is 0 Å². The van der Waals surface area contributed by atoms with Gasteiger partial charge in [0.05, 0.1) is 6.54 Å². The number of amides is 1. The molecule has 1 amide bonds. The third-order valence-electron chi connectivity index (χ3n) is 2.70. The van der Waals surface area contributed by atoms with Crippen molar-refractivity contribution in [3.63, 3.8) is 0 Å². The molecule has 1 saturated heterocycles. The number of nitrogens with zero attached hydrogens (tertiary/aromatic N) is 1. The number of ether oxygens (including phenoxy) is 1. The lowest BCUT2D eigenvalue weighted by molar-refractivity contribution is 0.0440. The van der Waals surface area contributed by atoms with Crippen molar-refractivity contribution in [2.75, 3.05) is 19.6 Å². The molecule has 0 aromatic rings. The van der Waals surface area contributed by atoms with Crippen LogP contribution in [0.4, 0.5) is 13.6 Å². The van der Waals surface area contributed by atoms with Crippen molar-refractivity contribution in [3.05, 3.63) is 0 Å². The molecule has 1 aliphatic heterocycles. The van der Waals surface area contributed by atoms with Gasteiger partial charge in [-0.05, 0) is 33.6 Å². The van der Waals surface area contributed by atoms with E-state index in [0.29, 0.717) is 25.9 Å². The summed E-state index contributed by atoms with van der Waals surface area (Å²) >= 11 is 0. The van der Waals surface area contributed by atoms with E-state index < -0.39 is 18.1 Å². The van der Waals surface area contributed by atoms with Crippen LogP contribution < -0.4 is 5.32 Å². The maximum atomic E-state index is 12.2. The minimum Gasteiger partial charge on any atom is -0.444 e. The van der Waals surface area contributed by atoms with Crippen LogP contribution in [-0.2, 0) is 4.74 Å². The van der Waals surface area contributed by atoms with Gasteiger partial charge in [-0.1, -0.05) is 0 Å². The monoisotopic (exact) mass is 264 g/mol. The highest BCUT2D eigenvalue weighted by Gasteiger charge is 2.24. The van der Waals surface area contributed by atoms with Crippen LogP contribution in [-0.4, -0.2) is 48.7 Å². The van der Waals surface area contributed by atoms with E-state index in [0.717, 1.165) is 0 Å². The highest BCUT2D eigenvalue weighted by molar-refractivity contribution is 5.68. The second-order valence-corrected chi connectivity index (χ2v) is 5.61. The number of likely N-dealkylation sites (tertiary alicyclic amines) is 1. The zero-order chi connectivity index (χ0) is 13.8. The third-order valence-corrected chi connectivity index (χ3v) is 2.70. The van der Waals surface area contributed by atoms with E-state index in [9.17, 15) is 13.6 Å². The van der Waals surface area contributed by atoms with E-state index in [4.69, 9.17) is 4.74 Å². The van der Waals surface area contributed by atoms with Crippen LogP contribution in [0.5, 0.6) is 0 Å². The summed E-state index contributed by atoms with van der Waals surface area (Å²) in [7, 11) is 0. The van der Waals surface area contributed by atoms with Gasteiger partial charge in [-0.2, -0.15) is 0 Å². The number of hydrogen-bond acceptors (Lipinski definition) is 3. The first-order valence-corrected chi connectivity index (χ1v) is 6.26. The quantitative estimate of drug-likeness (QED) is 0.850. The molecule has 0 saturated carbocycles. The average molecular weight is 264 g/mol. The molecule has 1 rings (SSSR count). The Bertz CT molecular complexity index is 272. The van der Waals surface area contributed by atoms with Crippen molar-refractivity contribution in [2.45, 2.75) is 51.7 Å². The molecule has 18 heavy (non-hydrogen) atoms. The average Bonchev–Trinajstić information content (AvgIpc) is 2.17. The second kappa shape index (κ2) is 6.31. The van der Waals surface area contributed by atoms with Crippen LogP contribution in [0, 0.1) is 0 Å². The Morgan fingerprint density at radius 3 is 2.39 bits per heavy atom. The molecule has 0 spiro atoms. The van der Waals surface area contributed by atoms with Gasteiger partial charge in [-0.3, -0.25) is 4.90 Å². The summed E-state index contributed by atoms with van der Waals surface area (Å²) in [5.41, 5.74) is -0.513. The standard InChI is InChI=1S/C12H22F2N2O2/c1-12(2,3)18-11(17)15-9-4-6-16(7-5-9)8-10(13)14/h9-10H,4-8H2,1-3H3,(H,15,17). The first-order valence-electron chi connectivity index (χ1n) is 6.26. The number of carbonyl (C=O) groups excluding carboxylic acids is 1. The molecule has 0 aliphatic carbocycles. The highest BCUT2D eigenvalue weighted by atomic mass is 19.3. The molecule has 1 aliphatic rings. The minimum absolute atomic E-state index is 0.0220. The Balaban J connectivity index is 2.25. The van der Waals surface area contributed by atoms with Crippen molar-refractivity contribution < 1.29 is 18.3 Å². The largest absolute Gasteiger partial charge is 0.444 e. The lowest BCUT2D eigenvalue weighted by Gasteiger charge is -2.32. The summed E-state index contributed by atoms with van der Waals surface area (Å²) in [5.74, 6) is 0. The molecular formula is C12H22F2N2O2. The van der Waals surface area contributed by atoms with Gasteiger partial charge in [0.2, 0.25) is 0 Å². The topological polar surface area (TPSA) is 41.6 Å². The van der Waals surface area contributed by atoms with Gasteiger partial charge < -0.3 is 10.1 Å². The van der Waals surface area contributed by atoms with Crippen LogP contribution in [0.3, 0.4) is 0 Å². The van der Waals surface area contributed by atoms with Crippen LogP contribution in [0.1, 0.15) is 33.6 Å². The molecule has 1 N–H and O–H groups in total. The fourth-order valence-corrected chi connectivity index (χ4v) is 1.93. The van der Waals surface area contributed by atoms with E-state index >= 15 is 0 Å². The molecule has 6 heteroatoms. The Labute approximate surface area is 107 Å². The van der Waals surface area contributed by atoms with E-state index in [1.165, 1.54) is 0 Å². The number of alkyl halides is 2. The van der Waals surface area contributed by atoms with Crippen molar-refractivity contribution in [1.82, 2.24) is 10.2 Å². The van der Waals surface area contributed by atoms with E-state index in [-0.39, 0.29) is 12.6 Å². The molecule has 1 heterocycles. The molecule has 0 radical (unpaired) electrons. The van der Waals surface area contributed by atoms with Gasteiger partial charge in [0.25, 0.3) is 6.43 Å². The van der Waals surface area contributed by atoms with Gasteiger partial charge in [0, 0.05) is 19.1 Å². The predicted molar refractivity (Wildman–Crippen MR) is 64.8 cm³/mol. The fraction of sp³-hybridized carbons (Fsp3) is 0.917. The number of piperidine rings is 1. The number of halogens is 2. The molecule has 0 unspecified atom stereocenters. The van der Waals surface area contributed by atoms with Crippen LogP contribution in [0.2, 0.25) is 0 Å². The molecular weight excluding hydrogens is 242 g/mol. The molecule has 4 nitrogen and oxygen atoms in total. The molecule has 1 fully saturated rings. The fourth-order valence-electron chi connectivity index (χ4n) is 1.93. The number of hydrogen-bond donors (Lipinski definition) is 1. The van der Waals surface area contributed by atoms with Crippen molar-refractivity contribution in [1.29, 1.82) is 0 Å². The number of carbonyl (C=O) groups is 1. The summed E-state index contributed by atoms with van der Waals surface area (Å²) in [6.07, 6.45) is -1.35. The van der Waals surface area contributed by atoms with E-state index in [1.807, 2.05) is 0 Å². The maximum absolute atomic E-state index is 12.2. The van der Waals surface area contributed by atoms with Gasteiger partial charge in [0.1, 0.15) is 5.60 Å². The predicted octanol–water partition coefficient (Wildman–Crippen LogP) is 2.24. The lowest BCUT2D eigenvalue weighted by Crippen LogP contribution is -2.46. The number of rotatable bonds is 3. The van der Waals surface area contributed by atoms with Crippen molar-refractivity contribution in [2.24, 2.45) is 0 Å².